The number of fused-ring (bicyclic) bond motifs is 1. The number of Topliss-reactive ketones (excluding diaryl/α,β-unsaturated/α-hetero) is 1. The third-order valence-electron chi connectivity index (χ3n) is 4.44. The number of pyridine rings is 1. The van der Waals surface area contributed by atoms with Gasteiger partial charge in [0.2, 0.25) is 0 Å². The second-order valence-electron chi connectivity index (χ2n) is 6.38. The smallest absolute Gasteiger partial charge is 0.276 e. The maximum absolute atomic E-state index is 13.1. The van der Waals surface area contributed by atoms with Crippen molar-refractivity contribution in [2.24, 2.45) is 0 Å². The summed E-state index contributed by atoms with van der Waals surface area (Å²) >= 11 is 7.50. The number of benzene rings is 1. The molecule has 0 radical (unpaired) electrons. The van der Waals surface area contributed by atoms with Gasteiger partial charge in [0.05, 0.1) is 29.3 Å². The van der Waals surface area contributed by atoms with Crippen LogP contribution in [0.2, 0.25) is 5.15 Å². The van der Waals surface area contributed by atoms with Crippen molar-refractivity contribution in [3.8, 4) is 11.8 Å². The van der Waals surface area contributed by atoms with Crippen LogP contribution in [0.5, 0.6) is 0 Å². The lowest BCUT2D eigenvalue weighted by Gasteiger charge is -2.13. The van der Waals surface area contributed by atoms with Gasteiger partial charge >= 0.3 is 0 Å². The Morgan fingerprint density at radius 3 is 2.90 bits per heavy atom. The maximum atomic E-state index is 13.1. The molecule has 0 aliphatic rings. The molecule has 0 saturated carbocycles. The van der Waals surface area contributed by atoms with E-state index < -0.39 is 0 Å². The van der Waals surface area contributed by atoms with Gasteiger partial charge in [0.1, 0.15) is 10.5 Å². The van der Waals surface area contributed by atoms with Crippen LogP contribution >= 0.6 is 22.9 Å². The Kier molecular flexibility index (Phi) is 4.97. The highest BCUT2D eigenvalue weighted by Gasteiger charge is 2.20. The molecule has 0 spiro atoms. The summed E-state index contributed by atoms with van der Waals surface area (Å²) < 4.78 is 1.79. The number of aromatic nitrogens is 3. The molecule has 142 valence electrons. The number of hydrogen-bond acceptors (Lipinski definition) is 6. The number of carbonyl (C=O) groups excluding carboxylic acids is 1. The van der Waals surface area contributed by atoms with Gasteiger partial charge in [-0.2, -0.15) is 5.26 Å². The normalized spacial score (nSPS) is 10.8. The number of halogens is 1. The number of nitriles is 1. The third-order valence-corrected chi connectivity index (χ3v) is 5.63. The quantitative estimate of drug-likeness (QED) is 0.366. The molecule has 0 aliphatic carbocycles. The van der Waals surface area contributed by atoms with Gasteiger partial charge in [-0.25, -0.2) is 9.97 Å². The van der Waals surface area contributed by atoms with E-state index in [1.807, 2.05) is 13.0 Å². The van der Waals surface area contributed by atoms with Crippen molar-refractivity contribution in [2.75, 3.05) is 0 Å². The van der Waals surface area contributed by atoms with Crippen LogP contribution in [0, 0.1) is 18.3 Å². The van der Waals surface area contributed by atoms with Crippen molar-refractivity contribution in [3.05, 3.63) is 86.0 Å². The van der Waals surface area contributed by atoms with Crippen LogP contribution in [0.25, 0.3) is 15.9 Å². The zero-order valence-corrected chi connectivity index (χ0v) is 16.8. The molecule has 0 amide bonds. The SMILES string of the molecule is Cc1ccc(C#N)c(C(=O)Cc2nc3ccsc3c(=O)n2-c2cccnc2Cl)c1. The van der Waals surface area contributed by atoms with E-state index >= 15 is 0 Å². The summed E-state index contributed by atoms with van der Waals surface area (Å²) in [5.41, 5.74) is 2.01. The molecule has 4 aromatic rings. The molecule has 3 aromatic heterocycles. The van der Waals surface area contributed by atoms with Gasteiger partial charge < -0.3 is 0 Å². The van der Waals surface area contributed by atoms with Crippen LogP contribution in [0.4, 0.5) is 0 Å². The molecule has 1 aromatic carbocycles. The first-order valence-electron chi connectivity index (χ1n) is 8.63. The average molecular weight is 421 g/mol. The molecule has 8 heteroatoms. The van der Waals surface area contributed by atoms with Gasteiger partial charge in [0.25, 0.3) is 5.56 Å². The summed E-state index contributed by atoms with van der Waals surface area (Å²) in [4.78, 5) is 34.8. The number of ketones is 1. The van der Waals surface area contributed by atoms with E-state index in [2.05, 4.69) is 9.97 Å². The third kappa shape index (κ3) is 3.44. The molecule has 6 nitrogen and oxygen atoms in total. The lowest BCUT2D eigenvalue weighted by atomic mass is 9.99. The van der Waals surface area contributed by atoms with Crippen molar-refractivity contribution < 1.29 is 4.79 Å². The van der Waals surface area contributed by atoms with Crippen molar-refractivity contribution in [1.82, 2.24) is 14.5 Å². The molecule has 29 heavy (non-hydrogen) atoms. The van der Waals surface area contributed by atoms with Crippen LogP contribution < -0.4 is 5.56 Å². The average Bonchev–Trinajstić information content (AvgIpc) is 3.18. The highest BCUT2D eigenvalue weighted by Crippen LogP contribution is 2.22. The summed E-state index contributed by atoms with van der Waals surface area (Å²) in [7, 11) is 0. The van der Waals surface area contributed by atoms with Crippen LogP contribution in [0.1, 0.15) is 27.3 Å². The first-order valence-corrected chi connectivity index (χ1v) is 9.89. The summed E-state index contributed by atoms with van der Waals surface area (Å²) in [6.07, 6.45) is 1.36. The highest BCUT2D eigenvalue weighted by molar-refractivity contribution is 7.17. The summed E-state index contributed by atoms with van der Waals surface area (Å²) in [5.74, 6) is -0.0633. The second kappa shape index (κ2) is 7.59. The minimum absolute atomic E-state index is 0.134. The predicted molar refractivity (Wildman–Crippen MR) is 112 cm³/mol. The molecular formula is C21H13ClN4O2S. The van der Waals surface area contributed by atoms with Crippen molar-refractivity contribution in [3.63, 3.8) is 0 Å². The van der Waals surface area contributed by atoms with Crippen LogP contribution in [-0.4, -0.2) is 20.3 Å². The van der Waals surface area contributed by atoms with E-state index in [0.29, 0.717) is 21.5 Å². The van der Waals surface area contributed by atoms with Crippen LogP contribution in [0.15, 0.2) is 52.8 Å². The fourth-order valence-electron chi connectivity index (χ4n) is 3.09. The number of aryl methyl sites for hydroxylation is 1. The standard InChI is InChI=1S/C21H13ClN4O2S/c1-12-4-5-13(11-23)14(9-12)17(27)10-18-25-15-6-8-29-19(15)21(28)26(18)16-3-2-7-24-20(16)22/h2-9H,10H2,1H3. The number of nitrogens with zero attached hydrogens (tertiary/aromatic N) is 4. The number of rotatable bonds is 4. The minimum Gasteiger partial charge on any atom is -0.294 e. The number of carbonyl (C=O) groups is 1. The lowest BCUT2D eigenvalue weighted by molar-refractivity contribution is 0.0990. The fraction of sp³-hybridized carbons (Fsp3) is 0.0952. The summed E-state index contributed by atoms with van der Waals surface area (Å²) in [6.45, 7) is 1.85. The molecule has 0 N–H and O–H groups in total. The van der Waals surface area contributed by atoms with Crippen molar-refractivity contribution in [1.29, 1.82) is 5.26 Å². The van der Waals surface area contributed by atoms with E-state index in [1.165, 1.54) is 22.1 Å². The molecular weight excluding hydrogens is 408 g/mol. The van der Waals surface area contributed by atoms with Gasteiger partial charge in [-0.05, 0) is 42.6 Å². The molecule has 0 bridgehead atoms. The van der Waals surface area contributed by atoms with E-state index in [-0.39, 0.29) is 34.3 Å². The Labute approximate surface area is 174 Å². The van der Waals surface area contributed by atoms with Gasteiger partial charge in [-0.1, -0.05) is 23.2 Å². The molecule has 0 unspecified atom stereocenters. The topological polar surface area (TPSA) is 88.6 Å². The van der Waals surface area contributed by atoms with E-state index in [0.717, 1.165) is 5.56 Å². The Hall–Kier alpha value is -3.34. The molecule has 0 aliphatic heterocycles. The Morgan fingerprint density at radius 1 is 1.31 bits per heavy atom. The van der Waals surface area contributed by atoms with Gasteiger partial charge in [0.15, 0.2) is 10.9 Å². The molecule has 0 atom stereocenters. The fourth-order valence-corrected chi connectivity index (χ4v) is 4.06. The Balaban J connectivity index is 1.90. The van der Waals surface area contributed by atoms with Crippen LogP contribution in [0.3, 0.4) is 0 Å². The number of thiophene rings is 1. The zero-order valence-electron chi connectivity index (χ0n) is 15.2. The van der Waals surface area contributed by atoms with Crippen molar-refractivity contribution in [2.45, 2.75) is 13.3 Å². The Bertz CT molecular complexity index is 1370. The van der Waals surface area contributed by atoms with E-state index in [9.17, 15) is 14.9 Å². The van der Waals surface area contributed by atoms with E-state index in [1.54, 1.807) is 41.8 Å². The molecule has 0 saturated heterocycles. The predicted octanol–water partition coefficient (Wildman–Crippen LogP) is 4.10. The minimum atomic E-state index is -0.313. The monoisotopic (exact) mass is 420 g/mol. The lowest BCUT2D eigenvalue weighted by Crippen LogP contribution is -2.25. The largest absolute Gasteiger partial charge is 0.294 e. The van der Waals surface area contributed by atoms with Crippen molar-refractivity contribution >= 4 is 38.9 Å². The molecule has 4 rings (SSSR count). The van der Waals surface area contributed by atoms with Gasteiger partial charge in [-0.15, -0.1) is 11.3 Å². The molecule has 3 heterocycles. The second-order valence-corrected chi connectivity index (χ2v) is 7.65. The van der Waals surface area contributed by atoms with Gasteiger partial charge in [-0.3, -0.25) is 14.2 Å². The summed E-state index contributed by atoms with van der Waals surface area (Å²) in [5, 5.41) is 11.3. The highest BCUT2D eigenvalue weighted by atomic mass is 35.5. The van der Waals surface area contributed by atoms with E-state index in [4.69, 9.17) is 11.6 Å². The van der Waals surface area contributed by atoms with Gasteiger partial charge in [0, 0.05) is 11.8 Å². The number of hydrogen-bond donors (Lipinski definition) is 0. The molecule has 0 fully saturated rings. The summed E-state index contributed by atoms with van der Waals surface area (Å²) in [6, 6.07) is 12.1. The first kappa shape index (κ1) is 19.0. The maximum Gasteiger partial charge on any atom is 0.276 e. The first-order chi connectivity index (χ1) is 14.0. The Morgan fingerprint density at radius 2 is 2.14 bits per heavy atom. The van der Waals surface area contributed by atoms with Crippen LogP contribution in [-0.2, 0) is 6.42 Å². The zero-order chi connectivity index (χ0) is 20.5.